The first-order chi connectivity index (χ1) is 7.86. The van der Waals surface area contributed by atoms with E-state index in [1.54, 1.807) is 6.92 Å². The first kappa shape index (κ1) is 15.2. The van der Waals surface area contributed by atoms with E-state index in [9.17, 15) is 14.4 Å². The van der Waals surface area contributed by atoms with Crippen LogP contribution >= 0.6 is 0 Å². The maximum atomic E-state index is 11.6. The van der Waals surface area contributed by atoms with Gasteiger partial charge in [-0.25, -0.2) is 4.79 Å². The minimum absolute atomic E-state index is 0.113. The molecule has 7 nitrogen and oxygen atoms in total. The Kier molecular flexibility index (Phi) is 6.69. The summed E-state index contributed by atoms with van der Waals surface area (Å²) in [5, 5.41) is 19.7. The largest absolute Gasteiger partial charge is 0.480 e. The molecule has 0 saturated carbocycles. The van der Waals surface area contributed by atoms with Gasteiger partial charge in [0.15, 0.2) is 0 Å². The predicted molar refractivity (Wildman–Crippen MR) is 59.7 cm³/mol. The summed E-state index contributed by atoms with van der Waals surface area (Å²) in [5.41, 5.74) is 0. The smallest absolute Gasteiger partial charge is 0.323 e. The van der Waals surface area contributed by atoms with Crippen LogP contribution in [0.2, 0.25) is 0 Å². The van der Waals surface area contributed by atoms with Gasteiger partial charge in [0.05, 0.1) is 0 Å². The Morgan fingerprint density at radius 3 is 2.00 bits per heavy atom. The van der Waals surface area contributed by atoms with E-state index in [0.29, 0.717) is 0 Å². The lowest BCUT2D eigenvalue weighted by atomic mass is 10.2. The monoisotopic (exact) mass is 246 g/mol. The van der Waals surface area contributed by atoms with Crippen LogP contribution in [-0.4, -0.2) is 52.2 Å². The number of hydrogen-bond donors (Lipinski definition) is 3. The molecule has 0 heterocycles. The number of urea groups is 1. The average molecular weight is 246 g/mol. The Labute approximate surface area is 99.4 Å². The second-order valence-corrected chi connectivity index (χ2v) is 3.78. The Balaban J connectivity index is 4.40. The highest BCUT2D eigenvalue weighted by Gasteiger charge is 2.20. The van der Waals surface area contributed by atoms with Gasteiger partial charge in [-0.05, 0) is 13.3 Å². The van der Waals surface area contributed by atoms with E-state index in [1.807, 2.05) is 6.92 Å². The molecule has 0 bridgehead atoms. The van der Waals surface area contributed by atoms with Crippen molar-refractivity contribution in [3.63, 3.8) is 0 Å². The van der Waals surface area contributed by atoms with Crippen LogP contribution in [-0.2, 0) is 9.59 Å². The van der Waals surface area contributed by atoms with Crippen molar-refractivity contribution in [2.45, 2.75) is 32.7 Å². The molecule has 0 aromatic carbocycles. The highest BCUT2D eigenvalue weighted by atomic mass is 16.4. The van der Waals surface area contributed by atoms with Crippen molar-refractivity contribution in [3.8, 4) is 0 Å². The fourth-order valence-corrected chi connectivity index (χ4v) is 1.33. The fraction of sp³-hybridized carbons (Fsp3) is 0.700. The first-order valence-electron chi connectivity index (χ1n) is 5.35. The van der Waals surface area contributed by atoms with Crippen molar-refractivity contribution in [1.29, 1.82) is 0 Å². The molecule has 1 unspecified atom stereocenters. The van der Waals surface area contributed by atoms with Crippen molar-refractivity contribution in [3.05, 3.63) is 0 Å². The Hall–Kier alpha value is -1.79. The van der Waals surface area contributed by atoms with Gasteiger partial charge in [-0.1, -0.05) is 13.3 Å². The van der Waals surface area contributed by atoms with Crippen molar-refractivity contribution in [2.75, 3.05) is 13.1 Å². The molecule has 1 atom stereocenters. The SMILES string of the molecule is CCCC(C)NC(=O)N(CC(=O)O)CC(=O)O. The van der Waals surface area contributed by atoms with Gasteiger partial charge in [-0.3, -0.25) is 9.59 Å². The number of rotatable bonds is 7. The van der Waals surface area contributed by atoms with Crippen LogP contribution in [0.4, 0.5) is 4.79 Å². The third kappa shape index (κ3) is 7.15. The molecule has 0 aliphatic heterocycles. The summed E-state index contributed by atoms with van der Waals surface area (Å²) in [6.45, 7) is 2.48. The number of nitrogens with one attached hydrogen (secondary N) is 1. The highest BCUT2D eigenvalue weighted by Crippen LogP contribution is 1.97. The number of carboxylic acids is 2. The molecule has 0 aliphatic carbocycles. The van der Waals surface area contributed by atoms with Gasteiger partial charge < -0.3 is 20.4 Å². The molecule has 0 saturated heterocycles. The highest BCUT2D eigenvalue weighted by molar-refractivity contribution is 5.84. The average Bonchev–Trinajstić information content (AvgIpc) is 2.15. The fourth-order valence-electron chi connectivity index (χ4n) is 1.33. The molecule has 7 heteroatoms. The molecule has 0 spiro atoms. The number of carbonyl (C=O) groups excluding carboxylic acids is 1. The van der Waals surface area contributed by atoms with Gasteiger partial charge >= 0.3 is 18.0 Å². The maximum absolute atomic E-state index is 11.6. The molecule has 0 rings (SSSR count). The van der Waals surface area contributed by atoms with Gasteiger partial charge in [0.1, 0.15) is 13.1 Å². The summed E-state index contributed by atoms with van der Waals surface area (Å²) in [7, 11) is 0. The predicted octanol–water partition coefficient (Wildman–Crippen LogP) is 0.356. The second kappa shape index (κ2) is 7.48. The summed E-state index contributed by atoms with van der Waals surface area (Å²) < 4.78 is 0. The van der Waals surface area contributed by atoms with E-state index in [1.165, 1.54) is 0 Å². The Bertz CT molecular complexity index is 276. The number of hydrogen-bond acceptors (Lipinski definition) is 3. The molecule has 17 heavy (non-hydrogen) atoms. The van der Waals surface area contributed by atoms with Gasteiger partial charge in [-0.15, -0.1) is 0 Å². The zero-order valence-electron chi connectivity index (χ0n) is 9.97. The van der Waals surface area contributed by atoms with E-state index in [4.69, 9.17) is 10.2 Å². The molecule has 98 valence electrons. The minimum atomic E-state index is -1.25. The second-order valence-electron chi connectivity index (χ2n) is 3.78. The summed E-state index contributed by atoms with van der Waals surface area (Å²) >= 11 is 0. The third-order valence-electron chi connectivity index (χ3n) is 2.03. The van der Waals surface area contributed by atoms with E-state index < -0.39 is 31.1 Å². The van der Waals surface area contributed by atoms with Crippen LogP contribution in [0.3, 0.4) is 0 Å². The molecule has 0 aromatic heterocycles. The van der Waals surface area contributed by atoms with E-state index in [0.717, 1.165) is 17.7 Å². The normalized spacial score (nSPS) is 11.6. The first-order valence-corrected chi connectivity index (χ1v) is 5.35. The molecule has 0 aliphatic rings. The van der Waals surface area contributed by atoms with Crippen molar-refractivity contribution in [2.24, 2.45) is 0 Å². The summed E-state index contributed by atoms with van der Waals surface area (Å²) in [6, 6.07) is -0.784. The Morgan fingerprint density at radius 2 is 1.65 bits per heavy atom. The molecular formula is C10H18N2O5. The zero-order valence-corrected chi connectivity index (χ0v) is 9.97. The lowest BCUT2D eigenvalue weighted by Gasteiger charge is -2.22. The van der Waals surface area contributed by atoms with Gasteiger partial charge in [-0.2, -0.15) is 0 Å². The van der Waals surface area contributed by atoms with Crippen LogP contribution in [0.5, 0.6) is 0 Å². The number of nitrogens with zero attached hydrogens (tertiary/aromatic N) is 1. The minimum Gasteiger partial charge on any atom is -0.480 e. The Morgan fingerprint density at radius 1 is 1.18 bits per heavy atom. The van der Waals surface area contributed by atoms with E-state index >= 15 is 0 Å². The van der Waals surface area contributed by atoms with E-state index in [2.05, 4.69) is 5.32 Å². The molecular weight excluding hydrogens is 228 g/mol. The maximum Gasteiger partial charge on any atom is 0.323 e. The lowest BCUT2D eigenvalue weighted by molar-refractivity contribution is -0.140. The van der Waals surface area contributed by atoms with Crippen molar-refractivity contribution in [1.82, 2.24) is 10.2 Å². The lowest BCUT2D eigenvalue weighted by Crippen LogP contribution is -2.47. The van der Waals surface area contributed by atoms with Crippen LogP contribution < -0.4 is 5.32 Å². The molecule has 2 amide bonds. The number of aliphatic carboxylic acids is 2. The van der Waals surface area contributed by atoms with Crippen LogP contribution in [0, 0.1) is 0 Å². The third-order valence-corrected chi connectivity index (χ3v) is 2.03. The van der Waals surface area contributed by atoms with Crippen molar-refractivity contribution < 1.29 is 24.6 Å². The molecule has 0 radical (unpaired) electrons. The molecule has 3 N–H and O–H groups in total. The summed E-state index contributed by atoms with van der Waals surface area (Å²) in [6.07, 6.45) is 1.62. The van der Waals surface area contributed by atoms with Crippen molar-refractivity contribution >= 4 is 18.0 Å². The standard InChI is InChI=1S/C10H18N2O5/c1-3-4-7(2)11-10(17)12(5-8(13)14)6-9(15)16/h7H,3-6H2,1-2H3,(H,11,17)(H,13,14)(H,15,16). The summed E-state index contributed by atoms with van der Waals surface area (Å²) in [5.74, 6) is -2.49. The number of carbonyl (C=O) groups is 3. The summed E-state index contributed by atoms with van der Waals surface area (Å²) in [4.78, 5) is 33.3. The number of amides is 2. The van der Waals surface area contributed by atoms with Gasteiger partial charge in [0.2, 0.25) is 0 Å². The molecule has 0 fully saturated rings. The van der Waals surface area contributed by atoms with Crippen LogP contribution in [0.1, 0.15) is 26.7 Å². The van der Waals surface area contributed by atoms with Crippen LogP contribution in [0.15, 0.2) is 0 Å². The van der Waals surface area contributed by atoms with Gasteiger partial charge in [0.25, 0.3) is 0 Å². The molecule has 0 aromatic rings. The zero-order chi connectivity index (χ0) is 13.4. The topological polar surface area (TPSA) is 107 Å². The van der Waals surface area contributed by atoms with Crippen LogP contribution in [0.25, 0.3) is 0 Å². The van der Waals surface area contributed by atoms with Gasteiger partial charge in [0, 0.05) is 6.04 Å². The number of carboxylic acid groups (broad SMARTS) is 2. The quantitative estimate of drug-likeness (QED) is 0.601. The van der Waals surface area contributed by atoms with E-state index in [-0.39, 0.29) is 6.04 Å².